The van der Waals surface area contributed by atoms with Crippen LogP contribution in [0.2, 0.25) is 0 Å². The first-order valence-corrected chi connectivity index (χ1v) is 7.62. The Bertz CT molecular complexity index is 962. The van der Waals surface area contributed by atoms with Crippen LogP contribution in [0.1, 0.15) is 0 Å². The molecule has 0 unspecified atom stereocenters. The highest BCUT2D eigenvalue weighted by Crippen LogP contribution is 2.27. The number of furan rings is 1. The molecule has 4 rings (SSSR count). The Kier molecular flexibility index (Phi) is 3.27. The van der Waals surface area contributed by atoms with E-state index in [0.29, 0.717) is 34.5 Å². The molecular formula is C16H11BrN4O2. The minimum atomic E-state index is 0.430. The van der Waals surface area contributed by atoms with Gasteiger partial charge in [-0.1, -0.05) is 15.9 Å². The molecule has 6 nitrogen and oxygen atoms in total. The van der Waals surface area contributed by atoms with E-state index >= 15 is 0 Å². The van der Waals surface area contributed by atoms with Gasteiger partial charge in [-0.05, 0) is 36.4 Å². The summed E-state index contributed by atoms with van der Waals surface area (Å²) in [5, 5.41) is 4.34. The predicted molar refractivity (Wildman–Crippen MR) is 89.3 cm³/mol. The molecule has 3 heterocycles. The quantitative estimate of drug-likeness (QED) is 0.586. The van der Waals surface area contributed by atoms with Crippen molar-refractivity contribution >= 4 is 27.4 Å². The first-order valence-electron chi connectivity index (χ1n) is 6.83. The number of nitrogens with two attached hydrogens (primary N) is 1. The van der Waals surface area contributed by atoms with Gasteiger partial charge in [0.05, 0.1) is 6.26 Å². The summed E-state index contributed by atoms with van der Waals surface area (Å²) in [7, 11) is 0. The fraction of sp³-hybridized carbons (Fsp3) is 0. The molecule has 0 aliphatic heterocycles. The number of hydrogen-bond donors (Lipinski definition) is 1. The van der Waals surface area contributed by atoms with Crippen LogP contribution in [0.15, 0.2) is 63.7 Å². The third kappa shape index (κ3) is 2.66. The van der Waals surface area contributed by atoms with Gasteiger partial charge in [-0.25, -0.2) is 4.98 Å². The Morgan fingerprint density at radius 1 is 1.09 bits per heavy atom. The smallest absolute Gasteiger partial charge is 0.217 e. The van der Waals surface area contributed by atoms with Gasteiger partial charge in [0, 0.05) is 16.6 Å². The summed E-state index contributed by atoms with van der Waals surface area (Å²) in [4.78, 5) is 4.42. The van der Waals surface area contributed by atoms with Gasteiger partial charge < -0.3 is 14.9 Å². The summed E-state index contributed by atoms with van der Waals surface area (Å²) in [5.74, 6) is 2.80. The Labute approximate surface area is 139 Å². The van der Waals surface area contributed by atoms with Crippen LogP contribution in [-0.4, -0.2) is 14.6 Å². The number of anilines is 1. The molecule has 114 valence electrons. The topological polar surface area (TPSA) is 78.6 Å². The molecule has 0 atom stereocenters. The summed E-state index contributed by atoms with van der Waals surface area (Å²) >= 11 is 3.39. The zero-order chi connectivity index (χ0) is 15.8. The first kappa shape index (κ1) is 13.8. The van der Waals surface area contributed by atoms with Gasteiger partial charge in [0.15, 0.2) is 11.4 Å². The van der Waals surface area contributed by atoms with E-state index in [4.69, 9.17) is 14.9 Å². The minimum Gasteiger partial charge on any atom is -0.461 e. The fourth-order valence-corrected chi connectivity index (χ4v) is 2.46. The van der Waals surface area contributed by atoms with E-state index in [9.17, 15) is 0 Å². The zero-order valence-corrected chi connectivity index (χ0v) is 13.4. The molecule has 0 fully saturated rings. The van der Waals surface area contributed by atoms with Crippen LogP contribution < -0.4 is 10.5 Å². The zero-order valence-electron chi connectivity index (χ0n) is 11.8. The van der Waals surface area contributed by atoms with E-state index in [1.165, 1.54) is 0 Å². The summed E-state index contributed by atoms with van der Waals surface area (Å²) in [6.07, 6.45) is 1.58. The second kappa shape index (κ2) is 5.44. The van der Waals surface area contributed by atoms with E-state index in [1.54, 1.807) is 35.0 Å². The molecule has 7 heteroatoms. The molecule has 0 amide bonds. The van der Waals surface area contributed by atoms with Crippen LogP contribution in [0.25, 0.3) is 17.2 Å². The summed E-state index contributed by atoms with van der Waals surface area (Å²) in [6.45, 7) is 0. The predicted octanol–water partition coefficient (Wildman–Crippen LogP) is 4.13. The summed E-state index contributed by atoms with van der Waals surface area (Å²) in [5.41, 5.74) is 6.63. The molecular weight excluding hydrogens is 360 g/mol. The van der Waals surface area contributed by atoms with Crippen molar-refractivity contribution in [2.45, 2.75) is 0 Å². The molecule has 2 N–H and O–H groups in total. The van der Waals surface area contributed by atoms with Crippen molar-refractivity contribution in [2.75, 3.05) is 5.73 Å². The SMILES string of the molecule is Nc1cc(Oc2ccc(Br)cc2)cc2nc(-c3ccco3)nn12. The molecule has 1 aromatic carbocycles. The molecule has 0 aliphatic rings. The first-order chi connectivity index (χ1) is 11.2. The van der Waals surface area contributed by atoms with Gasteiger partial charge in [0.2, 0.25) is 5.82 Å². The Morgan fingerprint density at radius 3 is 2.65 bits per heavy atom. The monoisotopic (exact) mass is 370 g/mol. The number of hydrogen-bond acceptors (Lipinski definition) is 5. The molecule has 23 heavy (non-hydrogen) atoms. The highest BCUT2D eigenvalue weighted by atomic mass is 79.9. The molecule has 0 spiro atoms. The number of halogens is 1. The van der Waals surface area contributed by atoms with Crippen molar-refractivity contribution in [1.82, 2.24) is 14.6 Å². The lowest BCUT2D eigenvalue weighted by atomic mass is 10.3. The highest BCUT2D eigenvalue weighted by molar-refractivity contribution is 9.10. The van der Waals surface area contributed by atoms with Gasteiger partial charge in [-0.3, -0.25) is 0 Å². The fourth-order valence-electron chi connectivity index (χ4n) is 2.19. The lowest BCUT2D eigenvalue weighted by Crippen LogP contribution is -1.99. The standard InChI is InChI=1S/C16H11BrN4O2/c17-10-3-5-11(6-4-10)23-12-8-14(18)21-15(9-12)19-16(20-21)13-2-1-7-22-13/h1-9H,18H2. The maximum absolute atomic E-state index is 6.04. The number of nitrogen functional groups attached to an aromatic ring is 1. The lowest BCUT2D eigenvalue weighted by molar-refractivity contribution is 0.482. The molecule has 0 aliphatic carbocycles. The van der Waals surface area contributed by atoms with Crippen molar-refractivity contribution in [1.29, 1.82) is 0 Å². The van der Waals surface area contributed by atoms with Gasteiger partial charge in [0.1, 0.15) is 17.3 Å². The van der Waals surface area contributed by atoms with Crippen LogP contribution in [0.4, 0.5) is 5.82 Å². The maximum Gasteiger partial charge on any atom is 0.217 e. The number of aromatic nitrogens is 3. The van der Waals surface area contributed by atoms with Gasteiger partial charge in [-0.2, -0.15) is 4.52 Å². The van der Waals surface area contributed by atoms with Crippen molar-refractivity contribution < 1.29 is 9.15 Å². The minimum absolute atomic E-state index is 0.430. The second-order valence-corrected chi connectivity index (χ2v) is 5.77. The van der Waals surface area contributed by atoms with Crippen molar-refractivity contribution in [3.63, 3.8) is 0 Å². The molecule has 0 radical (unpaired) electrons. The molecule has 0 bridgehead atoms. The molecule has 4 aromatic rings. The Hall–Kier alpha value is -2.80. The molecule has 0 saturated heterocycles. The van der Waals surface area contributed by atoms with E-state index in [1.807, 2.05) is 24.3 Å². The third-order valence-corrected chi connectivity index (χ3v) is 3.76. The normalized spacial score (nSPS) is 11.0. The van der Waals surface area contributed by atoms with Crippen LogP contribution in [0, 0.1) is 0 Å². The van der Waals surface area contributed by atoms with Gasteiger partial charge in [0.25, 0.3) is 0 Å². The van der Waals surface area contributed by atoms with Gasteiger partial charge >= 0.3 is 0 Å². The summed E-state index contributed by atoms with van der Waals surface area (Å²) < 4.78 is 13.7. The van der Waals surface area contributed by atoms with Gasteiger partial charge in [-0.15, -0.1) is 5.10 Å². The maximum atomic E-state index is 6.04. The van der Waals surface area contributed by atoms with Crippen LogP contribution >= 0.6 is 15.9 Å². The van der Waals surface area contributed by atoms with E-state index in [2.05, 4.69) is 26.0 Å². The van der Waals surface area contributed by atoms with E-state index < -0.39 is 0 Å². The number of ether oxygens (including phenoxy) is 1. The number of nitrogens with zero attached hydrogens (tertiary/aromatic N) is 3. The Balaban J connectivity index is 1.73. The number of pyridine rings is 1. The number of rotatable bonds is 3. The van der Waals surface area contributed by atoms with E-state index in [0.717, 1.165) is 4.47 Å². The lowest BCUT2D eigenvalue weighted by Gasteiger charge is -2.07. The highest BCUT2D eigenvalue weighted by Gasteiger charge is 2.12. The molecule has 0 saturated carbocycles. The second-order valence-electron chi connectivity index (χ2n) is 4.85. The number of benzene rings is 1. The van der Waals surface area contributed by atoms with Crippen LogP contribution in [0.3, 0.4) is 0 Å². The average Bonchev–Trinajstić information content (AvgIpc) is 3.18. The van der Waals surface area contributed by atoms with Crippen LogP contribution in [0.5, 0.6) is 11.5 Å². The number of fused-ring (bicyclic) bond motifs is 1. The van der Waals surface area contributed by atoms with Crippen LogP contribution in [-0.2, 0) is 0 Å². The van der Waals surface area contributed by atoms with E-state index in [-0.39, 0.29) is 0 Å². The van der Waals surface area contributed by atoms with Crippen molar-refractivity contribution in [3.8, 4) is 23.1 Å². The summed E-state index contributed by atoms with van der Waals surface area (Å²) in [6, 6.07) is 14.6. The largest absolute Gasteiger partial charge is 0.461 e. The average molecular weight is 371 g/mol. The Morgan fingerprint density at radius 2 is 1.91 bits per heavy atom. The van der Waals surface area contributed by atoms with Crippen molar-refractivity contribution in [2.24, 2.45) is 0 Å². The van der Waals surface area contributed by atoms with Crippen molar-refractivity contribution in [3.05, 3.63) is 59.3 Å². The molecule has 3 aromatic heterocycles. The third-order valence-electron chi connectivity index (χ3n) is 3.23.